The number of rotatable bonds is 9. The summed E-state index contributed by atoms with van der Waals surface area (Å²) >= 11 is 0. The first kappa shape index (κ1) is 32.8. The number of benzene rings is 1. The Bertz CT molecular complexity index is 1430. The lowest BCUT2D eigenvalue weighted by molar-refractivity contribution is -0.115. The summed E-state index contributed by atoms with van der Waals surface area (Å²) in [7, 11) is -4.76. The number of hydrogen-bond donors (Lipinski definition) is 0. The molecule has 45 heavy (non-hydrogen) atoms. The smallest absolute Gasteiger partial charge is 0.187 e. The zero-order valence-electron chi connectivity index (χ0n) is 29.6. The fourth-order valence-electron chi connectivity index (χ4n) is 11.7. The summed E-state index contributed by atoms with van der Waals surface area (Å²) < 4.78 is 14.7. The van der Waals surface area contributed by atoms with Crippen LogP contribution < -0.4 is 0 Å². The third kappa shape index (κ3) is 3.89. The average Bonchev–Trinajstić information content (AvgIpc) is 3.64. The van der Waals surface area contributed by atoms with E-state index in [0.717, 1.165) is 38.2 Å². The van der Waals surface area contributed by atoms with Crippen LogP contribution in [0.2, 0.25) is 33.2 Å². The molecule has 242 valence electrons. The molecular weight excluding hydrogens is 589 g/mol. The van der Waals surface area contributed by atoms with E-state index in [0.29, 0.717) is 46.1 Å². The van der Waals surface area contributed by atoms with E-state index in [2.05, 4.69) is 107 Å². The summed E-state index contributed by atoms with van der Waals surface area (Å²) in [5.41, 5.74) is 5.74. The molecule has 1 aromatic carbocycles. The van der Waals surface area contributed by atoms with E-state index in [-0.39, 0.29) is 11.6 Å². The van der Waals surface area contributed by atoms with Crippen molar-refractivity contribution in [1.82, 2.24) is 0 Å². The summed E-state index contributed by atoms with van der Waals surface area (Å²) in [6, 6.07) is 10.2. The van der Waals surface area contributed by atoms with Crippen LogP contribution in [0.25, 0.3) is 0 Å². The first-order valence-corrected chi connectivity index (χ1v) is 21.9. The van der Waals surface area contributed by atoms with E-state index < -0.39 is 33.6 Å². The van der Waals surface area contributed by atoms with Gasteiger partial charge in [-0.05, 0) is 78.1 Å². The molecule has 1 fully saturated rings. The Morgan fingerprint density at radius 1 is 0.578 bits per heavy atom. The third-order valence-electron chi connectivity index (χ3n) is 12.7. The van der Waals surface area contributed by atoms with E-state index in [4.69, 9.17) is 9.47 Å². The first-order chi connectivity index (χ1) is 21.0. The Balaban J connectivity index is 1.73. The molecule has 5 aliphatic rings. The van der Waals surface area contributed by atoms with Crippen molar-refractivity contribution in [3.05, 3.63) is 80.7 Å². The number of allylic oxidation sites excluding steroid dienone is 2. The molecule has 6 rings (SSSR count). The van der Waals surface area contributed by atoms with Crippen LogP contribution in [0, 0.1) is 0 Å². The molecule has 0 spiro atoms. The van der Waals surface area contributed by atoms with Gasteiger partial charge in [-0.15, -0.1) is 0 Å². The highest BCUT2D eigenvalue weighted by Crippen LogP contribution is 2.71. The average molecular weight is 643 g/mol. The lowest BCUT2D eigenvalue weighted by Crippen LogP contribution is -2.54. The standard InChI is InChI=1S/C39H54O4Si2/c1-22(2)44(23(3)4,24(5)6)35-31(40)18-29-20-39-34-30(19-32(41)36(34)45(25(7)8,26(9)10)27(11)12)21-38(39,33(29)35)42-37(43-39)28-16-14-13-15-17-28/h13-17,20-27,37H,18-19H2,1-12H3/t38-,39-/m0/s1. The molecule has 0 radical (unpaired) electrons. The van der Waals surface area contributed by atoms with Gasteiger partial charge in [0.1, 0.15) is 0 Å². The van der Waals surface area contributed by atoms with Crippen molar-refractivity contribution in [2.24, 2.45) is 0 Å². The predicted molar refractivity (Wildman–Crippen MR) is 188 cm³/mol. The van der Waals surface area contributed by atoms with E-state index in [1.165, 1.54) is 0 Å². The van der Waals surface area contributed by atoms with Gasteiger partial charge in [0.2, 0.25) is 0 Å². The minimum Gasteiger partial charge on any atom is -0.329 e. The number of ether oxygens (including phenoxy) is 2. The molecule has 0 saturated carbocycles. The van der Waals surface area contributed by atoms with Gasteiger partial charge in [0.15, 0.2) is 29.1 Å². The molecule has 2 atom stereocenters. The molecule has 0 amide bonds. The number of fused-ring (bicyclic) bond motifs is 2. The van der Waals surface area contributed by atoms with Crippen molar-refractivity contribution < 1.29 is 19.1 Å². The molecule has 0 bridgehead atoms. The molecule has 0 unspecified atom stereocenters. The fourth-order valence-corrected chi connectivity index (χ4v) is 25.9. The van der Waals surface area contributed by atoms with Crippen molar-refractivity contribution in [1.29, 1.82) is 0 Å². The van der Waals surface area contributed by atoms with Crippen molar-refractivity contribution in [2.45, 2.75) is 147 Å². The Kier molecular flexibility index (Phi) is 7.80. The van der Waals surface area contributed by atoms with Crippen LogP contribution >= 0.6 is 0 Å². The number of ketones is 2. The molecule has 1 heterocycles. The molecule has 1 aromatic rings. The highest BCUT2D eigenvalue weighted by molar-refractivity contribution is 6.94. The first-order valence-electron chi connectivity index (χ1n) is 17.5. The number of carbonyl (C=O) groups excluding carboxylic acids is 2. The van der Waals surface area contributed by atoms with Crippen molar-refractivity contribution in [2.75, 3.05) is 0 Å². The molecule has 4 aliphatic carbocycles. The highest BCUT2D eigenvalue weighted by Gasteiger charge is 2.75. The second-order valence-corrected chi connectivity index (χ2v) is 27.9. The summed E-state index contributed by atoms with van der Waals surface area (Å²) in [4.78, 5) is 28.8. The summed E-state index contributed by atoms with van der Waals surface area (Å²) in [6.45, 7) is 28.0. The van der Waals surface area contributed by atoms with E-state index >= 15 is 0 Å². The zero-order valence-corrected chi connectivity index (χ0v) is 31.6. The van der Waals surface area contributed by atoms with Crippen LogP contribution in [0.15, 0.2) is 75.2 Å². The van der Waals surface area contributed by atoms with E-state index in [9.17, 15) is 9.59 Å². The maximum Gasteiger partial charge on any atom is 0.187 e. The summed E-state index contributed by atoms with van der Waals surface area (Å²) in [6.07, 6.45) is 4.75. The summed E-state index contributed by atoms with van der Waals surface area (Å²) in [5, 5.41) is 2.16. The van der Waals surface area contributed by atoms with Crippen LogP contribution in [-0.4, -0.2) is 38.9 Å². The zero-order chi connectivity index (χ0) is 33.0. The summed E-state index contributed by atoms with van der Waals surface area (Å²) in [5.74, 6) is 0.564. The normalized spacial score (nSPS) is 26.9. The Labute approximate surface area is 273 Å². The Morgan fingerprint density at radius 3 is 1.22 bits per heavy atom. The molecular formula is C39H54O4Si2. The van der Waals surface area contributed by atoms with Gasteiger partial charge in [-0.3, -0.25) is 9.59 Å². The quantitative estimate of drug-likeness (QED) is 0.252. The van der Waals surface area contributed by atoms with Gasteiger partial charge in [-0.1, -0.05) is 113 Å². The molecule has 6 heteroatoms. The number of Topliss-reactive ketones (excluding diaryl/α,β-unsaturated/α-hetero) is 2. The van der Waals surface area contributed by atoms with Crippen molar-refractivity contribution >= 4 is 27.7 Å². The molecule has 4 nitrogen and oxygen atoms in total. The Morgan fingerprint density at radius 2 is 0.911 bits per heavy atom. The lowest BCUT2D eigenvalue weighted by atomic mass is 9.83. The molecule has 1 saturated heterocycles. The van der Waals surface area contributed by atoms with Crippen molar-refractivity contribution in [3.63, 3.8) is 0 Å². The van der Waals surface area contributed by atoms with Gasteiger partial charge in [0, 0.05) is 18.4 Å². The third-order valence-corrected chi connectivity index (χ3v) is 27.0. The van der Waals surface area contributed by atoms with Gasteiger partial charge >= 0.3 is 0 Å². The van der Waals surface area contributed by atoms with E-state index in [1.54, 1.807) is 0 Å². The topological polar surface area (TPSA) is 52.6 Å². The second kappa shape index (κ2) is 10.7. The van der Waals surface area contributed by atoms with Gasteiger partial charge in [0.05, 0.1) is 16.1 Å². The predicted octanol–water partition coefficient (Wildman–Crippen LogP) is 10.1. The molecule has 1 aliphatic heterocycles. The molecule has 0 N–H and O–H groups in total. The highest BCUT2D eigenvalue weighted by atomic mass is 28.3. The van der Waals surface area contributed by atoms with Crippen LogP contribution in [0.4, 0.5) is 0 Å². The van der Waals surface area contributed by atoms with Gasteiger partial charge in [0.25, 0.3) is 0 Å². The van der Waals surface area contributed by atoms with Gasteiger partial charge < -0.3 is 9.47 Å². The number of carbonyl (C=O) groups is 2. The minimum atomic E-state index is -2.38. The van der Waals surface area contributed by atoms with Crippen LogP contribution in [0.1, 0.15) is 108 Å². The maximum atomic E-state index is 14.4. The monoisotopic (exact) mass is 642 g/mol. The maximum absolute atomic E-state index is 14.4. The van der Waals surface area contributed by atoms with Crippen LogP contribution in [-0.2, 0) is 19.1 Å². The van der Waals surface area contributed by atoms with Gasteiger partial charge in [-0.2, -0.15) is 0 Å². The second-order valence-electron chi connectivity index (χ2n) is 16.3. The minimum absolute atomic E-state index is 0.282. The lowest BCUT2D eigenvalue weighted by Gasteiger charge is -2.46. The molecule has 0 aromatic heterocycles. The SMILES string of the molecule is CC(C)[Si](C1=C2C(=C[C@@]34OC(c5ccccc5)O[C@@]23C=C2CC(=O)C([Si](C(C)C)(C(C)C)C(C)C)=C24)CC1=O)(C(C)C)C(C)C. The van der Waals surface area contributed by atoms with Crippen molar-refractivity contribution in [3.8, 4) is 0 Å². The fraction of sp³-hybridized carbons (Fsp3) is 0.590. The van der Waals surface area contributed by atoms with Gasteiger partial charge in [-0.25, -0.2) is 0 Å². The van der Waals surface area contributed by atoms with Crippen LogP contribution in [0.3, 0.4) is 0 Å². The number of hydrogen-bond acceptors (Lipinski definition) is 4. The van der Waals surface area contributed by atoms with Crippen LogP contribution in [0.5, 0.6) is 0 Å². The largest absolute Gasteiger partial charge is 0.329 e. The Hall–Kier alpha value is -2.13. The van der Waals surface area contributed by atoms with E-state index in [1.807, 2.05) is 18.2 Å².